The molecule has 3 aromatic rings. The van der Waals surface area contributed by atoms with Crippen molar-refractivity contribution in [1.29, 1.82) is 0 Å². The lowest BCUT2D eigenvalue weighted by atomic mass is 10.1. The molecule has 0 aliphatic rings. The Morgan fingerprint density at radius 3 is 2.84 bits per heavy atom. The largest absolute Gasteiger partial charge is 0.304 e. The number of unbranched alkanes of at least 4 members (excludes halogenated alkanes) is 1. The number of thiophene rings is 1. The number of terminal acetylenes is 1. The van der Waals surface area contributed by atoms with E-state index in [0.29, 0.717) is 4.80 Å². The summed E-state index contributed by atoms with van der Waals surface area (Å²) in [7, 11) is -3.72. The van der Waals surface area contributed by atoms with E-state index in [1.807, 2.05) is 6.07 Å². The summed E-state index contributed by atoms with van der Waals surface area (Å²) in [5, 5.41) is 1.73. The van der Waals surface area contributed by atoms with Crippen molar-refractivity contribution in [3.05, 3.63) is 46.1 Å². The molecular weight excluding hydrogens is 372 g/mol. The van der Waals surface area contributed by atoms with Gasteiger partial charge in [0.05, 0.1) is 16.8 Å². The Morgan fingerprint density at radius 2 is 2.16 bits per heavy atom. The normalized spacial score (nSPS) is 12.6. The summed E-state index contributed by atoms with van der Waals surface area (Å²) >= 11 is 2.52. The van der Waals surface area contributed by atoms with Crippen molar-refractivity contribution in [2.45, 2.75) is 36.9 Å². The molecule has 3 rings (SSSR count). The molecule has 0 bridgehead atoms. The Labute approximate surface area is 155 Å². The molecular formula is C18H18N2O2S3. The molecule has 0 amide bonds. The third kappa shape index (κ3) is 3.87. The maximum atomic E-state index is 12.5. The molecule has 25 heavy (non-hydrogen) atoms. The first-order valence-electron chi connectivity index (χ1n) is 7.95. The van der Waals surface area contributed by atoms with Crippen LogP contribution in [-0.4, -0.2) is 13.0 Å². The van der Waals surface area contributed by atoms with Gasteiger partial charge in [-0.15, -0.1) is 22.2 Å². The van der Waals surface area contributed by atoms with Crippen LogP contribution in [0.2, 0.25) is 0 Å². The smallest absolute Gasteiger partial charge is 0.294 e. The number of benzene rings is 1. The number of sulfonamides is 1. The molecule has 0 aliphatic heterocycles. The molecule has 0 saturated heterocycles. The van der Waals surface area contributed by atoms with E-state index in [4.69, 9.17) is 6.42 Å². The molecule has 0 atom stereocenters. The van der Waals surface area contributed by atoms with Crippen molar-refractivity contribution < 1.29 is 8.42 Å². The topological polar surface area (TPSA) is 51.4 Å². The molecule has 4 nitrogen and oxygen atoms in total. The molecule has 1 aromatic carbocycles. The van der Waals surface area contributed by atoms with Gasteiger partial charge in [0.2, 0.25) is 4.80 Å². The van der Waals surface area contributed by atoms with E-state index in [1.54, 1.807) is 22.1 Å². The molecule has 0 spiro atoms. The van der Waals surface area contributed by atoms with Crippen LogP contribution in [0.5, 0.6) is 0 Å². The van der Waals surface area contributed by atoms with Gasteiger partial charge in [-0.25, -0.2) is 0 Å². The van der Waals surface area contributed by atoms with Crippen LogP contribution in [0.1, 0.15) is 25.3 Å². The Bertz CT molecular complexity index is 1080. The van der Waals surface area contributed by atoms with Crippen LogP contribution in [0.3, 0.4) is 0 Å². The molecule has 2 heterocycles. The van der Waals surface area contributed by atoms with Crippen LogP contribution in [0.4, 0.5) is 0 Å². The standard InChI is InChI=1S/C18H18N2O2S3/c1-3-5-7-14-9-10-15-16(13-14)24-18(20(15)11-4-2)19-25(21,22)17-8-6-12-23-17/h2,6,8-10,12-13H,3,5,7,11H2,1H3/b19-18-. The van der Waals surface area contributed by atoms with Crippen LogP contribution >= 0.6 is 22.7 Å². The quantitative estimate of drug-likeness (QED) is 0.597. The van der Waals surface area contributed by atoms with Gasteiger partial charge in [0, 0.05) is 0 Å². The Hall–Kier alpha value is -1.88. The molecule has 0 radical (unpaired) electrons. The molecule has 0 unspecified atom stereocenters. The highest BCUT2D eigenvalue weighted by atomic mass is 32.2. The zero-order chi connectivity index (χ0) is 17.9. The van der Waals surface area contributed by atoms with E-state index in [2.05, 4.69) is 29.4 Å². The first-order chi connectivity index (χ1) is 12.0. The zero-order valence-corrected chi connectivity index (χ0v) is 16.3. The fourth-order valence-corrected chi connectivity index (χ4v) is 5.79. The number of hydrogen-bond donors (Lipinski definition) is 0. The van der Waals surface area contributed by atoms with E-state index in [1.165, 1.54) is 16.9 Å². The maximum absolute atomic E-state index is 12.5. The molecule has 0 aliphatic carbocycles. The third-order valence-electron chi connectivity index (χ3n) is 3.76. The average Bonchev–Trinajstić information content (AvgIpc) is 3.22. The van der Waals surface area contributed by atoms with E-state index in [0.717, 1.165) is 40.8 Å². The second-order valence-electron chi connectivity index (χ2n) is 5.58. The fourth-order valence-electron chi connectivity index (χ4n) is 2.53. The molecule has 130 valence electrons. The van der Waals surface area contributed by atoms with E-state index in [-0.39, 0.29) is 10.8 Å². The number of thiazole rings is 1. The number of nitrogens with zero attached hydrogens (tertiary/aromatic N) is 2. The summed E-state index contributed by atoms with van der Waals surface area (Å²) in [5.74, 6) is 2.59. The molecule has 0 N–H and O–H groups in total. The molecule has 0 fully saturated rings. The summed E-state index contributed by atoms with van der Waals surface area (Å²) in [4.78, 5) is 0.411. The summed E-state index contributed by atoms with van der Waals surface area (Å²) in [6.45, 7) is 2.45. The highest BCUT2D eigenvalue weighted by Crippen LogP contribution is 2.22. The van der Waals surface area contributed by atoms with Gasteiger partial charge >= 0.3 is 0 Å². The highest BCUT2D eigenvalue weighted by molar-refractivity contribution is 7.92. The van der Waals surface area contributed by atoms with Gasteiger partial charge in [0.25, 0.3) is 10.0 Å². The van der Waals surface area contributed by atoms with Crippen LogP contribution in [0, 0.1) is 12.3 Å². The monoisotopic (exact) mass is 390 g/mol. The highest BCUT2D eigenvalue weighted by Gasteiger charge is 2.15. The summed E-state index contributed by atoms with van der Waals surface area (Å²) < 4.78 is 32.1. The van der Waals surface area contributed by atoms with Crippen LogP contribution < -0.4 is 4.80 Å². The average molecular weight is 391 g/mol. The van der Waals surface area contributed by atoms with Gasteiger partial charge in [0.1, 0.15) is 4.21 Å². The van der Waals surface area contributed by atoms with Gasteiger partial charge in [-0.1, -0.05) is 42.7 Å². The van der Waals surface area contributed by atoms with Crippen LogP contribution in [0.15, 0.2) is 44.3 Å². The Balaban J connectivity index is 2.15. The van der Waals surface area contributed by atoms with Gasteiger partial charge in [-0.2, -0.15) is 8.42 Å². The van der Waals surface area contributed by atoms with E-state index < -0.39 is 10.0 Å². The predicted molar refractivity (Wildman–Crippen MR) is 104 cm³/mol. The molecule has 7 heteroatoms. The van der Waals surface area contributed by atoms with Crippen molar-refractivity contribution in [2.24, 2.45) is 4.40 Å². The zero-order valence-electron chi connectivity index (χ0n) is 13.8. The Kier molecular flexibility index (Phi) is 5.42. The van der Waals surface area contributed by atoms with Crippen LogP contribution in [-0.2, 0) is 23.0 Å². The minimum absolute atomic E-state index is 0.237. The van der Waals surface area contributed by atoms with Gasteiger partial charge < -0.3 is 4.57 Å². The van der Waals surface area contributed by atoms with Crippen molar-refractivity contribution in [3.8, 4) is 12.3 Å². The lowest BCUT2D eigenvalue weighted by Gasteiger charge is -2.02. The lowest BCUT2D eigenvalue weighted by molar-refractivity contribution is 0.598. The molecule has 0 saturated carbocycles. The second-order valence-corrected chi connectivity index (χ2v) is 9.37. The van der Waals surface area contributed by atoms with Crippen LogP contribution in [0.25, 0.3) is 10.2 Å². The SMILES string of the molecule is C#CCn1/c(=N/S(=O)(=O)c2cccs2)sc2cc(CCCC)ccc21. The number of fused-ring (bicyclic) bond motifs is 1. The predicted octanol–water partition coefficient (Wildman–Crippen LogP) is 4.03. The van der Waals surface area contributed by atoms with E-state index >= 15 is 0 Å². The van der Waals surface area contributed by atoms with Crippen molar-refractivity contribution in [2.75, 3.05) is 0 Å². The lowest BCUT2D eigenvalue weighted by Crippen LogP contribution is -2.16. The first-order valence-corrected chi connectivity index (χ1v) is 11.1. The van der Waals surface area contributed by atoms with Crippen molar-refractivity contribution in [3.63, 3.8) is 0 Å². The summed E-state index contributed by atoms with van der Waals surface area (Å²) in [6.07, 6.45) is 8.76. The Morgan fingerprint density at radius 1 is 1.32 bits per heavy atom. The van der Waals surface area contributed by atoms with Gasteiger partial charge in [-0.05, 0) is 42.0 Å². The number of rotatable bonds is 6. The first kappa shape index (κ1) is 17.9. The minimum Gasteiger partial charge on any atom is -0.304 e. The number of aryl methyl sites for hydroxylation is 1. The third-order valence-corrected chi connectivity index (χ3v) is 7.56. The summed E-state index contributed by atoms with van der Waals surface area (Å²) in [6, 6.07) is 9.46. The maximum Gasteiger partial charge on any atom is 0.294 e. The summed E-state index contributed by atoms with van der Waals surface area (Å²) in [5.41, 5.74) is 2.17. The number of hydrogen-bond acceptors (Lipinski definition) is 4. The van der Waals surface area contributed by atoms with Gasteiger partial charge in [0.15, 0.2) is 0 Å². The van der Waals surface area contributed by atoms with Crippen molar-refractivity contribution in [1.82, 2.24) is 4.57 Å². The molecule has 2 aromatic heterocycles. The fraction of sp³-hybridized carbons (Fsp3) is 0.278. The van der Waals surface area contributed by atoms with Gasteiger partial charge in [-0.3, -0.25) is 0 Å². The second kappa shape index (κ2) is 7.56. The minimum atomic E-state index is -3.72. The van der Waals surface area contributed by atoms with Crippen molar-refractivity contribution >= 4 is 42.9 Å². The number of aromatic nitrogens is 1. The van der Waals surface area contributed by atoms with E-state index in [9.17, 15) is 8.42 Å².